The van der Waals surface area contributed by atoms with Crippen molar-refractivity contribution in [2.75, 3.05) is 18.0 Å². The Morgan fingerprint density at radius 1 is 1.27 bits per heavy atom. The quantitative estimate of drug-likeness (QED) is 0.887. The van der Waals surface area contributed by atoms with Crippen LogP contribution in [0.5, 0.6) is 0 Å². The summed E-state index contributed by atoms with van der Waals surface area (Å²) < 4.78 is 25.1. The maximum absolute atomic E-state index is 12.5. The first-order valence-electron chi connectivity index (χ1n) is 8.20. The second kappa shape index (κ2) is 7.87. The van der Waals surface area contributed by atoms with Crippen LogP contribution in [-0.2, 0) is 11.2 Å². The highest BCUT2D eigenvalue weighted by molar-refractivity contribution is 5.79. The van der Waals surface area contributed by atoms with Crippen molar-refractivity contribution >= 4 is 11.7 Å². The van der Waals surface area contributed by atoms with Crippen molar-refractivity contribution in [1.82, 2.24) is 15.5 Å². The van der Waals surface area contributed by atoms with Crippen LogP contribution in [0.3, 0.4) is 0 Å². The molecule has 8 heteroatoms. The zero-order valence-corrected chi connectivity index (χ0v) is 13.9. The Kier molecular flexibility index (Phi) is 5.37. The number of halogens is 2. The second-order valence-corrected chi connectivity index (χ2v) is 6.11. The van der Waals surface area contributed by atoms with E-state index in [1.807, 2.05) is 11.0 Å². The van der Waals surface area contributed by atoms with E-state index < -0.39 is 6.43 Å². The molecule has 0 saturated carbocycles. The van der Waals surface area contributed by atoms with Crippen molar-refractivity contribution in [1.29, 1.82) is 5.26 Å². The van der Waals surface area contributed by atoms with Gasteiger partial charge in [0.05, 0.1) is 6.42 Å². The minimum atomic E-state index is -2.51. The van der Waals surface area contributed by atoms with E-state index in [1.54, 1.807) is 24.3 Å². The van der Waals surface area contributed by atoms with Gasteiger partial charge in [-0.05, 0) is 24.1 Å². The number of nitriles is 1. The standard InChI is InChI=1S/C18H17F2N5O/c19-18(20)13-3-1-12(2-4-13)9-17(26)22-15-7-8-25(11-15)16-6-5-14(10-21)23-24-16/h1-6,15,18H,7-9,11H2,(H,22,26)/t15-/m1/s1. The first-order chi connectivity index (χ1) is 12.5. The van der Waals surface area contributed by atoms with Gasteiger partial charge in [-0.3, -0.25) is 4.79 Å². The molecule has 0 bridgehead atoms. The Bertz CT molecular complexity index is 802. The summed E-state index contributed by atoms with van der Waals surface area (Å²) in [7, 11) is 0. The number of nitrogens with zero attached hydrogens (tertiary/aromatic N) is 4. The summed E-state index contributed by atoms with van der Waals surface area (Å²) in [5.41, 5.74) is 0.902. The molecule has 3 rings (SSSR count). The zero-order chi connectivity index (χ0) is 18.5. The Morgan fingerprint density at radius 2 is 2.04 bits per heavy atom. The number of carbonyl (C=O) groups excluding carboxylic acids is 1. The van der Waals surface area contributed by atoms with Gasteiger partial charge in [0, 0.05) is 24.7 Å². The van der Waals surface area contributed by atoms with Gasteiger partial charge in [0.15, 0.2) is 11.5 Å². The Balaban J connectivity index is 1.51. The van der Waals surface area contributed by atoms with Gasteiger partial charge in [0.1, 0.15) is 6.07 Å². The Morgan fingerprint density at radius 3 is 2.65 bits per heavy atom. The van der Waals surface area contributed by atoms with E-state index in [2.05, 4.69) is 15.5 Å². The van der Waals surface area contributed by atoms with Gasteiger partial charge in [-0.25, -0.2) is 8.78 Å². The van der Waals surface area contributed by atoms with E-state index >= 15 is 0 Å². The fourth-order valence-corrected chi connectivity index (χ4v) is 2.88. The average Bonchev–Trinajstić information content (AvgIpc) is 3.10. The molecule has 0 radical (unpaired) electrons. The molecule has 1 aromatic carbocycles. The summed E-state index contributed by atoms with van der Waals surface area (Å²) in [4.78, 5) is 14.2. The minimum Gasteiger partial charge on any atom is -0.353 e. The molecule has 1 N–H and O–H groups in total. The molecule has 0 aliphatic carbocycles. The molecule has 2 heterocycles. The molecule has 1 aromatic heterocycles. The molecular weight excluding hydrogens is 340 g/mol. The Labute approximate surface area is 149 Å². The number of anilines is 1. The lowest BCUT2D eigenvalue weighted by Gasteiger charge is -2.17. The van der Waals surface area contributed by atoms with Crippen molar-refractivity contribution in [3.8, 4) is 6.07 Å². The number of hydrogen-bond acceptors (Lipinski definition) is 5. The number of amides is 1. The molecule has 2 aromatic rings. The van der Waals surface area contributed by atoms with E-state index in [0.29, 0.717) is 17.9 Å². The lowest BCUT2D eigenvalue weighted by atomic mass is 10.1. The lowest BCUT2D eigenvalue weighted by molar-refractivity contribution is -0.121. The van der Waals surface area contributed by atoms with E-state index in [9.17, 15) is 13.6 Å². The first kappa shape index (κ1) is 17.7. The van der Waals surface area contributed by atoms with E-state index in [1.165, 1.54) is 12.1 Å². The summed E-state index contributed by atoms with van der Waals surface area (Å²) in [5.74, 6) is 0.524. The van der Waals surface area contributed by atoms with Gasteiger partial charge < -0.3 is 10.2 Å². The molecule has 1 saturated heterocycles. The predicted molar refractivity (Wildman–Crippen MR) is 90.6 cm³/mol. The number of aromatic nitrogens is 2. The number of alkyl halides is 2. The van der Waals surface area contributed by atoms with Crippen LogP contribution in [0, 0.1) is 11.3 Å². The van der Waals surface area contributed by atoms with Crippen LogP contribution in [-0.4, -0.2) is 35.2 Å². The molecule has 0 unspecified atom stereocenters. The molecule has 1 atom stereocenters. The molecule has 6 nitrogen and oxygen atoms in total. The van der Waals surface area contributed by atoms with Crippen LogP contribution in [0.1, 0.15) is 29.7 Å². The molecule has 1 amide bonds. The maximum Gasteiger partial charge on any atom is 0.263 e. The average molecular weight is 357 g/mol. The number of benzene rings is 1. The van der Waals surface area contributed by atoms with Gasteiger partial charge >= 0.3 is 0 Å². The van der Waals surface area contributed by atoms with Crippen LogP contribution >= 0.6 is 0 Å². The number of nitrogens with one attached hydrogen (secondary N) is 1. The third-order valence-corrected chi connectivity index (χ3v) is 4.24. The molecule has 134 valence electrons. The second-order valence-electron chi connectivity index (χ2n) is 6.11. The summed E-state index contributed by atoms with van der Waals surface area (Å²) in [6.45, 7) is 1.34. The lowest BCUT2D eigenvalue weighted by Crippen LogP contribution is -2.38. The monoisotopic (exact) mass is 357 g/mol. The van der Waals surface area contributed by atoms with Crippen LogP contribution in [0.25, 0.3) is 0 Å². The van der Waals surface area contributed by atoms with Crippen molar-refractivity contribution in [3.05, 3.63) is 53.2 Å². The van der Waals surface area contributed by atoms with Gasteiger partial charge in [-0.2, -0.15) is 5.26 Å². The fraction of sp³-hybridized carbons (Fsp3) is 0.333. The smallest absolute Gasteiger partial charge is 0.263 e. The van der Waals surface area contributed by atoms with E-state index in [-0.39, 0.29) is 29.6 Å². The normalized spacial score (nSPS) is 16.5. The summed E-state index contributed by atoms with van der Waals surface area (Å²) in [5, 5.41) is 19.5. The van der Waals surface area contributed by atoms with Gasteiger partial charge in [0.25, 0.3) is 6.43 Å². The van der Waals surface area contributed by atoms with Crippen LogP contribution in [0.2, 0.25) is 0 Å². The molecule has 26 heavy (non-hydrogen) atoms. The first-order valence-corrected chi connectivity index (χ1v) is 8.20. The highest BCUT2D eigenvalue weighted by Gasteiger charge is 2.25. The van der Waals surface area contributed by atoms with E-state index in [0.717, 1.165) is 13.0 Å². The topological polar surface area (TPSA) is 81.9 Å². The van der Waals surface area contributed by atoms with Gasteiger partial charge in [-0.1, -0.05) is 24.3 Å². The largest absolute Gasteiger partial charge is 0.353 e. The van der Waals surface area contributed by atoms with Crippen molar-refractivity contribution in [3.63, 3.8) is 0 Å². The highest BCUT2D eigenvalue weighted by Crippen LogP contribution is 2.19. The van der Waals surface area contributed by atoms with Gasteiger partial charge in [-0.15, -0.1) is 10.2 Å². The number of rotatable bonds is 5. The molecule has 1 fully saturated rings. The van der Waals surface area contributed by atoms with Crippen LogP contribution < -0.4 is 10.2 Å². The molecule has 0 spiro atoms. The van der Waals surface area contributed by atoms with E-state index in [4.69, 9.17) is 5.26 Å². The maximum atomic E-state index is 12.5. The third kappa shape index (κ3) is 4.30. The SMILES string of the molecule is N#Cc1ccc(N2CC[C@@H](NC(=O)Cc3ccc(C(F)F)cc3)C2)nn1. The van der Waals surface area contributed by atoms with Crippen LogP contribution in [0.4, 0.5) is 14.6 Å². The summed E-state index contributed by atoms with van der Waals surface area (Å²) in [6, 6.07) is 11.0. The van der Waals surface area contributed by atoms with Crippen LogP contribution in [0.15, 0.2) is 36.4 Å². The summed E-state index contributed by atoms with van der Waals surface area (Å²) >= 11 is 0. The van der Waals surface area contributed by atoms with Gasteiger partial charge in [0.2, 0.25) is 5.91 Å². The molecule has 1 aliphatic rings. The fourth-order valence-electron chi connectivity index (χ4n) is 2.88. The minimum absolute atomic E-state index is 0.0136. The zero-order valence-electron chi connectivity index (χ0n) is 13.9. The van der Waals surface area contributed by atoms with Crippen molar-refractivity contribution < 1.29 is 13.6 Å². The number of hydrogen-bond donors (Lipinski definition) is 1. The molecular formula is C18H17F2N5O. The molecule has 1 aliphatic heterocycles. The number of carbonyl (C=O) groups is 1. The van der Waals surface area contributed by atoms with Crippen molar-refractivity contribution in [2.24, 2.45) is 0 Å². The third-order valence-electron chi connectivity index (χ3n) is 4.24. The summed E-state index contributed by atoms with van der Waals surface area (Å²) in [6.07, 6.45) is -1.58. The Hall–Kier alpha value is -3.08. The van der Waals surface area contributed by atoms with Crippen molar-refractivity contribution in [2.45, 2.75) is 25.3 Å². The predicted octanol–water partition coefficient (Wildman–Crippen LogP) is 2.22. The highest BCUT2D eigenvalue weighted by atomic mass is 19.3.